The predicted molar refractivity (Wildman–Crippen MR) is 199 cm³/mol. The van der Waals surface area contributed by atoms with E-state index in [9.17, 15) is 0 Å². The molecule has 6 aromatic rings. The summed E-state index contributed by atoms with van der Waals surface area (Å²) in [6, 6.07) is 27.3. The molecule has 6 heteroatoms. The van der Waals surface area contributed by atoms with E-state index in [4.69, 9.17) is 9.40 Å². The zero-order valence-electron chi connectivity index (χ0n) is 29.2. The summed E-state index contributed by atoms with van der Waals surface area (Å²) in [7, 11) is -1.36. The number of fused-ring (bicyclic) bond motifs is 3. The Hall–Kier alpha value is -3.44. The van der Waals surface area contributed by atoms with Crippen molar-refractivity contribution in [3.05, 3.63) is 108 Å². The molecule has 1 fully saturated rings. The zero-order valence-corrected chi connectivity index (χ0v) is 32.6. The molecule has 1 aliphatic rings. The normalized spacial score (nSPS) is 13.7. The number of benzene rings is 2. The maximum atomic E-state index is 6.13. The van der Waals surface area contributed by atoms with Crippen LogP contribution in [0.4, 0.5) is 0 Å². The molecule has 48 heavy (non-hydrogen) atoms. The Kier molecular flexibility index (Phi) is 11.8. The number of aryl methyl sites for hydroxylation is 1. The third-order valence-corrected chi connectivity index (χ3v) is 11.3. The quantitative estimate of drug-likeness (QED) is 0.119. The van der Waals surface area contributed by atoms with Crippen LogP contribution >= 0.6 is 0 Å². The van der Waals surface area contributed by atoms with Crippen LogP contribution in [0.3, 0.4) is 0 Å². The number of pyridine rings is 3. The van der Waals surface area contributed by atoms with Crippen LogP contribution in [0.15, 0.2) is 83.7 Å². The Morgan fingerprint density at radius 2 is 1.67 bits per heavy atom. The summed E-state index contributed by atoms with van der Waals surface area (Å²) >= 11 is 0. The number of rotatable bonds is 7. The van der Waals surface area contributed by atoms with E-state index in [0.29, 0.717) is 5.92 Å². The van der Waals surface area contributed by atoms with Crippen molar-refractivity contribution in [2.45, 2.75) is 85.4 Å². The molecule has 0 unspecified atom stereocenters. The van der Waals surface area contributed by atoms with E-state index in [1.807, 2.05) is 49.6 Å². The van der Waals surface area contributed by atoms with Gasteiger partial charge in [-0.2, -0.15) is 0 Å². The van der Waals surface area contributed by atoms with Gasteiger partial charge in [-0.3, -0.25) is 4.98 Å². The van der Waals surface area contributed by atoms with Gasteiger partial charge in [0, 0.05) is 55.8 Å². The van der Waals surface area contributed by atoms with Crippen LogP contribution in [-0.4, -0.2) is 23.0 Å². The molecule has 7 rings (SSSR count). The molecule has 1 aliphatic carbocycles. The summed E-state index contributed by atoms with van der Waals surface area (Å²) in [5.74, 6) is 1.48. The van der Waals surface area contributed by atoms with E-state index >= 15 is 0 Å². The van der Waals surface area contributed by atoms with Crippen LogP contribution in [0.25, 0.3) is 44.5 Å². The van der Waals surface area contributed by atoms with Crippen molar-refractivity contribution in [1.29, 1.82) is 0 Å². The summed E-state index contributed by atoms with van der Waals surface area (Å²) in [5.41, 5.74) is 9.48. The van der Waals surface area contributed by atoms with E-state index in [1.165, 1.54) is 44.1 Å². The average Bonchev–Trinajstić information content (AvgIpc) is 3.43. The van der Waals surface area contributed by atoms with Gasteiger partial charge in [0.25, 0.3) is 0 Å². The largest absolute Gasteiger partial charge is 0.500 e. The van der Waals surface area contributed by atoms with Gasteiger partial charge in [0.15, 0.2) is 0 Å². The summed E-state index contributed by atoms with van der Waals surface area (Å²) in [4.78, 5) is 13.7. The van der Waals surface area contributed by atoms with Crippen molar-refractivity contribution in [3.63, 3.8) is 0 Å². The van der Waals surface area contributed by atoms with Gasteiger partial charge in [0.05, 0.1) is 13.7 Å². The van der Waals surface area contributed by atoms with E-state index in [0.717, 1.165) is 62.5 Å². The molecule has 1 radical (unpaired) electrons. The molecule has 2 aromatic carbocycles. The molecule has 1 saturated carbocycles. The topological polar surface area (TPSA) is 51.8 Å². The molecule has 4 nitrogen and oxygen atoms in total. The molecule has 0 bridgehead atoms. The van der Waals surface area contributed by atoms with Crippen LogP contribution in [0.5, 0.6) is 0 Å². The van der Waals surface area contributed by atoms with Crippen molar-refractivity contribution >= 4 is 35.2 Å². The standard InChI is InChI=1S/C21H19N2O.C21H28NSi.Ir/c1-13(2)9-15-7-8-22-19(11-15)17-6-4-5-16-18-12-23-14(3)10-20(18)24-21(16)17;1-23(2,3)21-16-22-20(18-12-8-5-9-13-18)15-19(21)14-17-10-6-4-7-11-17;/h4-5,7-8,10-13H,9H2,1-3H3;5,8-9,12,15-17H,4,6-7,10-11,14H2,1-3H3;/q2*-1;. The van der Waals surface area contributed by atoms with Gasteiger partial charge in [0.1, 0.15) is 5.58 Å². The predicted octanol–water partition coefficient (Wildman–Crippen LogP) is 10.6. The van der Waals surface area contributed by atoms with Crippen molar-refractivity contribution in [3.8, 4) is 22.5 Å². The molecular formula is C42H47IrN3OSi-2. The Bertz CT molecular complexity index is 1960. The van der Waals surface area contributed by atoms with Crippen molar-refractivity contribution in [2.75, 3.05) is 0 Å². The molecule has 0 spiro atoms. The first-order chi connectivity index (χ1) is 22.7. The number of aromatic nitrogens is 3. The van der Waals surface area contributed by atoms with E-state index < -0.39 is 8.07 Å². The van der Waals surface area contributed by atoms with Gasteiger partial charge in [-0.15, -0.1) is 54.1 Å². The first-order valence-corrected chi connectivity index (χ1v) is 20.8. The third-order valence-electron chi connectivity index (χ3n) is 9.19. The Morgan fingerprint density at radius 3 is 2.40 bits per heavy atom. The van der Waals surface area contributed by atoms with Crippen LogP contribution in [0.1, 0.15) is 62.8 Å². The number of furan rings is 1. The van der Waals surface area contributed by atoms with Crippen LogP contribution in [0.2, 0.25) is 19.6 Å². The monoisotopic (exact) mass is 830 g/mol. The fraction of sp³-hybridized carbons (Fsp3) is 0.357. The van der Waals surface area contributed by atoms with Gasteiger partial charge < -0.3 is 14.4 Å². The summed E-state index contributed by atoms with van der Waals surface area (Å²) in [6.45, 7) is 13.7. The smallest absolute Gasteiger partial charge is 0.124 e. The molecule has 0 amide bonds. The second kappa shape index (κ2) is 15.8. The first kappa shape index (κ1) is 35.9. The van der Waals surface area contributed by atoms with Crippen molar-refractivity contribution in [1.82, 2.24) is 15.0 Å². The minimum absolute atomic E-state index is 0. The molecule has 4 heterocycles. The molecule has 0 N–H and O–H groups in total. The van der Waals surface area contributed by atoms with Crippen LogP contribution in [0, 0.1) is 30.9 Å². The fourth-order valence-electron chi connectivity index (χ4n) is 6.88. The maximum Gasteiger partial charge on any atom is 0.124 e. The van der Waals surface area contributed by atoms with E-state index in [2.05, 4.69) is 92.1 Å². The molecule has 4 aromatic heterocycles. The second-order valence-corrected chi connectivity index (χ2v) is 19.7. The Balaban J connectivity index is 0.000000184. The number of hydrogen-bond acceptors (Lipinski definition) is 4. The molecule has 251 valence electrons. The Morgan fingerprint density at radius 1 is 0.854 bits per heavy atom. The van der Waals surface area contributed by atoms with Gasteiger partial charge in [-0.25, -0.2) is 0 Å². The first-order valence-electron chi connectivity index (χ1n) is 17.3. The molecule has 0 aliphatic heterocycles. The Labute approximate surface area is 301 Å². The van der Waals surface area contributed by atoms with Crippen LogP contribution in [-0.2, 0) is 32.9 Å². The van der Waals surface area contributed by atoms with Crippen molar-refractivity contribution < 1.29 is 24.5 Å². The second-order valence-electron chi connectivity index (χ2n) is 14.6. The van der Waals surface area contributed by atoms with Gasteiger partial charge in [-0.05, 0) is 54.2 Å². The van der Waals surface area contributed by atoms with Crippen molar-refractivity contribution in [2.24, 2.45) is 11.8 Å². The summed E-state index contributed by atoms with van der Waals surface area (Å²) in [6.07, 6.45) is 15.3. The average molecular weight is 830 g/mol. The minimum atomic E-state index is -1.36. The maximum absolute atomic E-state index is 6.13. The molecular weight excluding hydrogens is 783 g/mol. The van der Waals surface area contributed by atoms with E-state index in [1.54, 1.807) is 10.8 Å². The summed E-state index contributed by atoms with van der Waals surface area (Å²) in [5, 5.41) is 3.63. The van der Waals surface area contributed by atoms with Gasteiger partial charge >= 0.3 is 0 Å². The molecule has 0 atom stereocenters. The minimum Gasteiger partial charge on any atom is -0.500 e. The summed E-state index contributed by atoms with van der Waals surface area (Å²) < 4.78 is 6.13. The van der Waals surface area contributed by atoms with Gasteiger partial charge in [0.2, 0.25) is 0 Å². The van der Waals surface area contributed by atoms with Gasteiger partial charge in [-0.1, -0.05) is 99.8 Å². The fourth-order valence-corrected chi connectivity index (χ4v) is 8.47. The van der Waals surface area contributed by atoms with E-state index in [-0.39, 0.29) is 20.1 Å². The number of nitrogens with zero attached hydrogens (tertiary/aromatic N) is 3. The number of hydrogen-bond donors (Lipinski definition) is 0. The third kappa shape index (κ3) is 8.58. The molecule has 0 saturated heterocycles. The van der Waals surface area contributed by atoms with Crippen LogP contribution < -0.4 is 5.19 Å². The zero-order chi connectivity index (χ0) is 33.0. The SMILES string of the molecule is C[Si](C)(C)c1cnc(-c2[c-]cccc2)cc1CC1CCCCC1.Cc1cc2oc3c(-c4cc(CC(C)C)ccn4)[c-]ccc3c2cn1.[Ir].